The molecule has 1 saturated heterocycles. The molecule has 2 rings (SSSR count). The number of hydrogen-bond acceptors (Lipinski definition) is 4. The van der Waals surface area contributed by atoms with Crippen LogP contribution in [0.3, 0.4) is 0 Å². The standard InChI is InChI=1S/C13H21N3O2/c1-10-9-12(11(2)18-10)13(17)16-7-5-15(4-3-14)6-8-16/h9H,3-8,14H2,1-2H3. The summed E-state index contributed by atoms with van der Waals surface area (Å²) in [5.41, 5.74) is 6.23. The van der Waals surface area contributed by atoms with Gasteiger partial charge in [-0.05, 0) is 19.9 Å². The highest BCUT2D eigenvalue weighted by molar-refractivity contribution is 5.95. The summed E-state index contributed by atoms with van der Waals surface area (Å²) in [7, 11) is 0. The molecule has 1 aliphatic heterocycles. The summed E-state index contributed by atoms with van der Waals surface area (Å²) in [6, 6.07) is 1.82. The SMILES string of the molecule is Cc1cc(C(=O)N2CCN(CCN)CC2)c(C)o1. The van der Waals surface area contributed by atoms with E-state index in [1.807, 2.05) is 24.8 Å². The van der Waals surface area contributed by atoms with E-state index in [-0.39, 0.29) is 5.91 Å². The average Bonchev–Trinajstić information content (AvgIpc) is 2.69. The number of nitrogens with two attached hydrogens (primary N) is 1. The van der Waals surface area contributed by atoms with Crippen molar-refractivity contribution in [1.29, 1.82) is 0 Å². The van der Waals surface area contributed by atoms with Gasteiger partial charge < -0.3 is 15.1 Å². The van der Waals surface area contributed by atoms with Crippen molar-refractivity contribution >= 4 is 5.91 Å². The van der Waals surface area contributed by atoms with Crippen LogP contribution in [0, 0.1) is 13.8 Å². The number of furan rings is 1. The lowest BCUT2D eigenvalue weighted by Crippen LogP contribution is -2.49. The molecule has 100 valence electrons. The molecule has 2 N–H and O–H groups in total. The maximum absolute atomic E-state index is 12.3. The Hall–Kier alpha value is -1.33. The van der Waals surface area contributed by atoms with E-state index in [4.69, 9.17) is 10.2 Å². The molecule has 1 aromatic heterocycles. The molecule has 0 bridgehead atoms. The molecule has 0 unspecified atom stereocenters. The molecule has 5 heteroatoms. The zero-order valence-electron chi connectivity index (χ0n) is 11.1. The summed E-state index contributed by atoms with van der Waals surface area (Å²) in [6.07, 6.45) is 0. The Bertz CT molecular complexity index is 420. The summed E-state index contributed by atoms with van der Waals surface area (Å²) < 4.78 is 5.41. The quantitative estimate of drug-likeness (QED) is 0.855. The molecule has 1 aliphatic rings. The van der Waals surface area contributed by atoms with Gasteiger partial charge in [-0.15, -0.1) is 0 Å². The normalized spacial score (nSPS) is 17.2. The number of hydrogen-bond donors (Lipinski definition) is 1. The highest BCUT2D eigenvalue weighted by atomic mass is 16.3. The summed E-state index contributed by atoms with van der Waals surface area (Å²) in [5, 5.41) is 0. The van der Waals surface area contributed by atoms with E-state index < -0.39 is 0 Å². The second-order valence-electron chi connectivity index (χ2n) is 4.75. The third kappa shape index (κ3) is 2.73. The first-order chi connectivity index (χ1) is 8.61. The number of rotatable bonds is 3. The van der Waals surface area contributed by atoms with E-state index in [1.165, 1.54) is 0 Å². The van der Waals surface area contributed by atoms with Gasteiger partial charge in [0.25, 0.3) is 5.91 Å². The monoisotopic (exact) mass is 251 g/mol. The minimum Gasteiger partial charge on any atom is -0.466 e. The van der Waals surface area contributed by atoms with Gasteiger partial charge in [0.2, 0.25) is 0 Å². The molecule has 0 radical (unpaired) electrons. The van der Waals surface area contributed by atoms with Crippen LogP contribution >= 0.6 is 0 Å². The molecule has 0 aromatic carbocycles. The Morgan fingerprint density at radius 2 is 2.00 bits per heavy atom. The van der Waals surface area contributed by atoms with Gasteiger partial charge in [0, 0.05) is 39.3 Å². The molecule has 5 nitrogen and oxygen atoms in total. The van der Waals surface area contributed by atoms with Crippen molar-refractivity contribution in [2.75, 3.05) is 39.3 Å². The third-order valence-corrected chi connectivity index (χ3v) is 3.38. The average molecular weight is 251 g/mol. The fraction of sp³-hybridized carbons (Fsp3) is 0.615. The molecule has 1 amide bonds. The van der Waals surface area contributed by atoms with Gasteiger partial charge in [-0.3, -0.25) is 9.69 Å². The van der Waals surface area contributed by atoms with Gasteiger partial charge in [0.15, 0.2) is 0 Å². The van der Waals surface area contributed by atoms with Crippen LogP contribution in [0.5, 0.6) is 0 Å². The van der Waals surface area contributed by atoms with Crippen LogP contribution in [-0.4, -0.2) is 55.0 Å². The van der Waals surface area contributed by atoms with Crippen LogP contribution < -0.4 is 5.73 Å². The van der Waals surface area contributed by atoms with Crippen molar-refractivity contribution in [3.05, 3.63) is 23.2 Å². The molecule has 0 atom stereocenters. The largest absolute Gasteiger partial charge is 0.466 e. The Balaban J connectivity index is 1.97. The predicted molar refractivity (Wildman–Crippen MR) is 69.6 cm³/mol. The van der Waals surface area contributed by atoms with Gasteiger partial charge >= 0.3 is 0 Å². The van der Waals surface area contributed by atoms with Gasteiger partial charge in [-0.1, -0.05) is 0 Å². The van der Waals surface area contributed by atoms with Crippen molar-refractivity contribution in [1.82, 2.24) is 9.80 Å². The van der Waals surface area contributed by atoms with E-state index >= 15 is 0 Å². The van der Waals surface area contributed by atoms with Gasteiger partial charge in [0.1, 0.15) is 11.5 Å². The van der Waals surface area contributed by atoms with E-state index in [9.17, 15) is 4.79 Å². The number of carbonyl (C=O) groups is 1. The number of aryl methyl sites for hydroxylation is 2. The number of carbonyl (C=O) groups excluding carboxylic acids is 1. The van der Waals surface area contributed by atoms with Crippen LogP contribution in [0.25, 0.3) is 0 Å². The first-order valence-corrected chi connectivity index (χ1v) is 6.40. The highest BCUT2D eigenvalue weighted by Crippen LogP contribution is 2.17. The Kier molecular flexibility index (Phi) is 4.04. The van der Waals surface area contributed by atoms with E-state index in [2.05, 4.69) is 4.90 Å². The summed E-state index contributed by atoms with van der Waals surface area (Å²) in [5.74, 6) is 1.58. The summed E-state index contributed by atoms with van der Waals surface area (Å²) in [4.78, 5) is 16.5. The Morgan fingerprint density at radius 1 is 1.33 bits per heavy atom. The fourth-order valence-electron chi connectivity index (χ4n) is 2.37. The molecular weight excluding hydrogens is 230 g/mol. The van der Waals surface area contributed by atoms with E-state index in [1.54, 1.807) is 0 Å². The van der Waals surface area contributed by atoms with Crippen LogP contribution in [-0.2, 0) is 0 Å². The molecule has 0 aliphatic carbocycles. The van der Waals surface area contributed by atoms with Crippen molar-refractivity contribution in [2.24, 2.45) is 5.73 Å². The second kappa shape index (κ2) is 5.54. The predicted octanol–water partition coefficient (Wildman–Crippen LogP) is 0.613. The zero-order chi connectivity index (χ0) is 13.1. The molecule has 1 fully saturated rings. The minimum atomic E-state index is 0.0803. The molecule has 0 saturated carbocycles. The Labute approximate surface area is 108 Å². The summed E-state index contributed by atoms with van der Waals surface area (Å²) in [6.45, 7) is 8.62. The number of piperazine rings is 1. The van der Waals surface area contributed by atoms with E-state index in [0.29, 0.717) is 17.9 Å². The van der Waals surface area contributed by atoms with Crippen molar-refractivity contribution < 1.29 is 9.21 Å². The first kappa shape index (κ1) is 13.1. The van der Waals surface area contributed by atoms with Crippen LogP contribution in [0.4, 0.5) is 0 Å². The van der Waals surface area contributed by atoms with Gasteiger partial charge in [-0.25, -0.2) is 0 Å². The highest BCUT2D eigenvalue weighted by Gasteiger charge is 2.24. The smallest absolute Gasteiger partial charge is 0.257 e. The van der Waals surface area contributed by atoms with Crippen molar-refractivity contribution in [3.8, 4) is 0 Å². The molecule has 1 aromatic rings. The zero-order valence-corrected chi connectivity index (χ0v) is 11.1. The van der Waals surface area contributed by atoms with Crippen LogP contribution in [0.2, 0.25) is 0 Å². The fourth-order valence-corrected chi connectivity index (χ4v) is 2.37. The summed E-state index contributed by atoms with van der Waals surface area (Å²) >= 11 is 0. The van der Waals surface area contributed by atoms with Crippen LogP contribution in [0.1, 0.15) is 21.9 Å². The van der Waals surface area contributed by atoms with E-state index in [0.717, 1.165) is 38.5 Å². The second-order valence-corrected chi connectivity index (χ2v) is 4.75. The molecular formula is C13H21N3O2. The first-order valence-electron chi connectivity index (χ1n) is 6.40. The Morgan fingerprint density at radius 3 is 2.50 bits per heavy atom. The van der Waals surface area contributed by atoms with Gasteiger partial charge in [0.05, 0.1) is 5.56 Å². The number of nitrogens with zero attached hydrogens (tertiary/aromatic N) is 2. The maximum atomic E-state index is 12.3. The minimum absolute atomic E-state index is 0.0803. The number of amides is 1. The maximum Gasteiger partial charge on any atom is 0.257 e. The van der Waals surface area contributed by atoms with Crippen molar-refractivity contribution in [3.63, 3.8) is 0 Å². The third-order valence-electron chi connectivity index (χ3n) is 3.38. The lowest BCUT2D eigenvalue weighted by Gasteiger charge is -2.34. The topological polar surface area (TPSA) is 62.7 Å². The van der Waals surface area contributed by atoms with Crippen LogP contribution in [0.15, 0.2) is 10.5 Å². The van der Waals surface area contributed by atoms with Crippen molar-refractivity contribution in [2.45, 2.75) is 13.8 Å². The van der Waals surface area contributed by atoms with Gasteiger partial charge in [-0.2, -0.15) is 0 Å². The molecule has 2 heterocycles. The molecule has 18 heavy (non-hydrogen) atoms. The molecule has 0 spiro atoms. The lowest BCUT2D eigenvalue weighted by molar-refractivity contribution is 0.0639. The lowest BCUT2D eigenvalue weighted by atomic mass is 10.2.